The summed E-state index contributed by atoms with van der Waals surface area (Å²) in [7, 11) is 4.33. The molecule has 1 unspecified atom stereocenters. The zero-order chi connectivity index (χ0) is 14.7. The first-order chi connectivity index (χ1) is 9.47. The molecule has 1 aliphatic heterocycles. The summed E-state index contributed by atoms with van der Waals surface area (Å²) >= 11 is 0. The van der Waals surface area contributed by atoms with Crippen LogP contribution >= 0.6 is 0 Å². The van der Waals surface area contributed by atoms with Gasteiger partial charge in [0.1, 0.15) is 0 Å². The molecule has 0 amide bonds. The van der Waals surface area contributed by atoms with Crippen molar-refractivity contribution in [1.82, 2.24) is 9.80 Å². The zero-order valence-electron chi connectivity index (χ0n) is 12.6. The molecule has 110 valence electrons. The van der Waals surface area contributed by atoms with Gasteiger partial charge in [-0.1, -0.05) is 6.07 Å². The van der Waals surface area contributed by atoms with Crippen molar-refractivity contribution in [3.8, 4) is 0 Å². The Morgan fingerprint density at radius 3 is 2.80 bits per heavy atom. The van der Waals surface area contributed by atoms with Crippen LogP contribution in [0.2, 0.25) is 0 Å². The summed E-state index contributed by atoms with van der Waals surface area (Å²) in [6.45, 7) is 5.12. The zero-order valence-corrected chi connectivity index (χ0v) is 12.6. The van der Waals surface area contributed by atoms with Crippen molar-refractivity contribution >= 4 is 5.97 Å². The van der Waals surface area contributed by atoms with Crippen molar-refractivity contribution in [3.63, 3.8) is 0 Å². The molecule has 1 heterocycles. The van der Waals surface area contributed by atoms with E-state index >= 15 is 0 Å². The molecule has 1 aliphatic rings. The second-order valence-corrected chi connectivity index (χ2v) is 5.92. The molecule has 2 rings (SSSR count). The van der Waals surface area contributed by atoms with Crippen LogP contribution in [0.5, 0.6) is 0 Å². The van der Waals surface area contributed by atoms with E-state index in [1.165, 1.54) is 24.9 Å². The molecule has 1 N–H and O–H groups in total. The average Bonchev–Trinajstić information content (AvgIpc) is 2.77. The van der Waals surface area contributed by atoms with Crippen LogP contribution in [0, 0.1) is 6.92 Å². The molecule has 1 saturated heterocycles. The monoisotopic (exact) mass is 276 g/mol. The highest BCUT2D eigenvalue weighted by Gasteiger charge is 2.22. The quantitative estimate of drug-likeness (QED) is 0.895. The molecule has 20 heavy (non-hydrogen) atoms. The highest BCUT2D eigenvalue weighted by molar-refractivity contribution is 5.87. The second kappa shape index (κ2) is 6.37. The van der Waals surface area contributed by atoms with Gasteiger partial charge in [-0.3, -0.25) is 0 Å². The molecule has 1 aromatic rings. The number of hydrogen-bond donors (Lipinski definition) is 1. The maximum atomic E-state index is 10.9. The van der Waals surface area contributed by atoms with Gasteiger partial charge in [-0.2, -0.15) is 0 Å². The first-order valence-electron chi connectivity index (χ1n) is 7.19. The normalized spacial score (nSPS) is 19.7. The van der Waals surface area contributed by atoms with E-state index in [9.17, 15) is 4.79 Å². The number of nitrogens with zero attached hydrogens (tertiary/aromatic N) is 2. The third kappa shape index (κ3) is 3.58. The molecule has 0 radical (unpaired) electrons. The van der Waals surface area contributed by atoms with Crippen molar-refractivity contribution in [3.05, 3.63) is 34.9 Å². The van der Waals surface area contributed by atoms with Gasteiger partial charge in [0.15, 0.2) is 0 Å². The number of aromatic carboxylic acids is 1. The Morgan fingerprint density at radius 1 is 1.50 bits per heavy atom. The minimum Gasteiger partial charge on any atom is -0.478 e. The largest absolute Gasteiger partial charge is 0.478 e. The van der Waals surface area contributed by atoms with Crippen LogP contribution in [0.25, 0.3) is 0 Å². The summed E-state index contributed by atoms with van der Waals surface area (Å²) < 4.78 is 0. The summed E-state index contributed by atoms with van der Waals surface area (Å²) in [6.07, 6.45) is 2.57. The Morgan fingerprint density at radius 2 is 2.25 bits per heavy atom. The van der Waals surface area contributed by atoms with Gasteiger partial charge < -0.3 is 14.9 Å². The van der Waals surface area contributed by atoms with Crippen molar-refractivity contribution in [1.29, 1.82) is 0 Å². The average molecular weight is 276 g/mol. The van der Waals surface area contributed by atoms with E-state index in [1.807, 2.05) is 13.0 Å². The van der Waals surface area contributed by atoms with Gasteiger partial charge in [0.2, 0.25) is 0 Å². The van der Waals surface area contributed by atoms with Crippen LogP contribution in [0.15, 0.2) is 18.2 Å². The Hall–Kier alpha value is -1.39. The predicted octanol–water partition coefficient (Wildman–Crippen LogP) is 2.22. The number of carboxylic acids is 1. The molecule has 4 nitrogen and oxygen atoms in total. The topological polar surface area (TPSA) is 43.8 Å². The van der Waals surface area contributed by atoms with Crippen molar-refractivity contribution in [2.45, 2.75) is 32.4 Å². The van der Waals surface area contributed by atoms with Gasteiger partial charge >= 0.3 is 5.97 Å². The first kappa shape index (κ1) is 15.0. The molecule has 0 bridgehead atoms. The minimum absolute atomic E-state index is 0.365. The minimum atomic E-state index is -0.861. The van der Waals surface area contributed by atoms with E-state index < -0.39 is 5.97 Å². The van der Waals surface area contributed by atoms with Gasteiger partial charge in [-0.05, 0) is 63.7 Å². The van der Waals surface area contributed by atoms with E-state index in [2.05, 4.69) is 23.9 Å². The molecule has 1 fully saturated rings. The summed E-state index contributed by atoms with van der Waals surface area (Å²) in [5, 5.41) is 8.98. The second-order valence-electron chi connectivity index (χ2n) is 5.92. The molecular weight excluding hydrogens is 252 g/mol. The lowest BCUT2D eigenvalue weighted by atomic mass is 10.0. The van der Waals surface area contributed by atoms with Gasteiger partial charge in [-0.15, -0.1) is 0 Å². The van der Waals surface area contributed by atoms with Crippen LogP contribution in [0.1, 0.15) is 34.3 Å². The molecule has 0 aliphatic carbocycles. The lowest BCUT2D eigenvalue weighted by molar-refractivity contribution is 0.0696. The third-order valence-corrected chi connectivity index (χ3v) is 4.22. The first-order valence-corrected chi connectivity index (χ1v) is 7.19. The Bertz CT molecular complexity index is 487. The fourth-order valence-corrected chi connectivity index (χ4v) is 2.93. The number of likely N-dealkylation sites (tertiary alicyclic amines) is 1. The third-order valence-electron chi connectivity index (χ3n) is 4.22. The molecule has 0 saturated carbocycles. The predicted molar refractivity (Wildman–Crippen MR) is 80.1 cm³/mol. The van der Waals surface area contributed by atoms with Crippen molar-refractivity contribution < 1.29 is 9.90 Å². The maximum Gasteiger partial charge on any atom is 0.335 e. The highest BCUT2D eigenvalue weighted by atomic mass is 16.4. The van der Waals surface area contributed by atoms with E-state index in [1.54, 1.807) is 12.1 Å². The van der Waals surface area contributed by atoms with Gasteiger partial charge in [0.05, 0.1) is 5.56 Å². The van der Waals surface area contributed by atoms with Gasteiger partial charge in [0, 0.05) is 19.1 Å². The van der Waals surface area contributed by atoms with E-state index in [0.29, 0.717) is 11.6 Å². The van der Waals surface area contributed by atoms with Crippen LogP contribution in [-0.4, -0.2) is 54.1 Å². The van der Waals surface area contributed by atoms with E-state index in [4.69, 9.17) is 5.11 Å². The summed E-state index contributed by atoms with van der Waals surface area (Å²) in [5.74, 6) is -0.861. The SMILES string of the molecule is Cc1cc(C(=O)O)ccc1CN(C)CC1CCCN1C. The van der Waals surface area contributed by atoms with Crippen LogP contribution in [0.3, 0.4) is 0 Å². The smallest absolute Gasteiger partial charge is 0.335 e. The number of hydrogen-bond acceptors (Lipinski definition) is 3. The lowest BCUT2D eigenvalue weighted by Gasteiger charge is -2.26. The summed E-state index contributed by atoms with van der Waals surface area (Å²) in [5.41, 5.74) is 2.62. The number of likely N-dealkylation sites (N-methyl/N-ethyl adjacent to an activating group) is 2. The highest BCUT2D eigenvalue weighted by Crippen LogP contribution is 2.18. The standard InChI is InChI=1S/C16H24N2O2/c1-12-9-13(16(19)20)6-7-14(12)10-17(2)11-15-5-4-8-18(15)3/h6-7,9,15H,4-5,8,10-11H2,1-3H3,(H,19,20). The number of carboxylic acid groups (broad SMARTS) is 1. The van der Waals surface area contributed by atoms with Gasteiger partial charge in [-0.25, -0.2) is 4.79 Å². The van der Waals surface area contributed by atoms with E-state index in [-0.39, 0.29) is 0 Å². The number of rotatable bonds is 5. The Kier molecular flexibility index (Phi) is 4.78. The number of aryl methyl sites for hydroxylation is 1. The number of carbonyl (C=O) groups is 1. The van der Waals surface area contributed by atoms with E-state index in [0.717, 1.165) is 18.7 Å². The number of benzene rings is 1. The summed E-state index contributed by atoms with van der Waals surface area (Å²) in [6, 6.07) is 6.04. The molecule has 0 spiro atoms. The molecule has 1 aromatic carbocycles. The fraction of sp³-hybridized carbons (Fsp3) is 0.562. The van der Waals surface area contributed by atoms with Crippen LogP contribution in [0.4, 0.5) is 0 Å². The Balaban J connectivity index is 1.97. The maximum absolute atomic E-state index is 10.9. The van der Waals surface area contributed by atoms with Gasteiger partial charge in [0.25, 0.3) is 0 Å². The summed E-state index contributed by atoms with van der Waals surface area (Å²) in [4.78, 5) is 15.7. The Labute approximate surface area is 121 Å². The fourth-order valence-electron chi connectivity index (χ4n) is 2.93. The molecular formula is C16H24N2O2. The molecule has 1 atom stereocenters. The molecule has 4 heteroatoms. The van der Waals surface area contributed by atoms with Crippen molar-refractivity contribution in [2.24, 2.45) is 0 Å². The van der Waals surface area contributed by atoms with Crippen LogP contribution in [-0.2, 0) is 6.54 Å². The van der Waals surface area contributed by atoms with Crippen LogP contribution < -0.4 is 0 Å². The van der Waals surface area contributed by atoms with Crippen molar-refractivity contribution in [2.75, 3.05) is 27.2 Å². The lowest BCUT2D eigenvalue weighted by Crippen LogP contribution is -2.36. The molecule has 0 aromatic heterocycles.